The van der Waals surface area contributed by atoms with Gasteiger partial charge in [0.15, 0.2) is 0 Å². The third-order valence-electron chi connectivity index (χ3n) is 2.23. The van der Waals surface area contributed by atoms with E-state index in [-0.39, 0.29) is 17.0 Å². The molecule has 0 saturated carbocycles. The van der Waals surface area contributed by atoms with Crippen molar-refractivity contribution in [2.24, 2.45) is 0 Å². The lowest BCUT2D eigenvalue weighted by Gasteiger charge is -2.05. The van der Waals surface area contributed by atoms with Crippen molar-refractivity contribution in [3.63, 3.8) is 0 Å². The molecule has 17 heavy (non-hydrogen) atoms. The summed E-state index contributed by atoms with van der Waals surface area (Å²) in [4.78, 5) is 22.8. The molecule has 0 atom stereocenters. The number of halogens is 1. The largest absolute Gasteiger partial charge is 0.477 e. The van der Waals surface area contributed by atoms with Gasteiger partial charge < -0.3 is 9.67 Å². The Labute approximate surface area is 109 Å². The standard InChI is InChI=1S/C11H8BrNO3S/c12-8-1-2-9(14)13(6-8)5-7-3-4-17-10(7)11(15)16/h1-4,6H,5H2,(H,15,16). The average molecular weight is 314 g/mol. The lowest BCUT2D eigenvalue weighted by molar-refractivity contribution is 0.0701. The van der Waals surface area contributed by atoms with E-state index in [1.54, 1.807) is 23.7 Å². The summed E-state index contributed by atoms with van der Waals surface area (Å²) in [6.45, 7) is 0.267. The van der Waals surface area contributed by atoms with Gasteiger partial charge in [-0.25, -0.2) is 4.79 Å². The summed E-state index contributed by atoms with van der Waals surface area (Å²) in [6, 6.07) is 4.82. The van der Waals surface area contributed by atoms with Crippen LogP contribution in [0.15, 0.2) is 39.0 Å². The summed E-state index contributed by atoms with van der Waals surface area (Å²) in [5.74, 6) is -0.960. The third-order valence-corrected chi connectivity index (χ3v) is 3.64. The Morgan fingerprint density at radius 3 is 2.88 bits per heavy atom. The number of aromatic carboxylic acids is 1. The zero-order valence-corrected chi connectivity index (χ0v) is 11.0. The normalized spacial score (nSPS) is 10.4. The van der Waals surface area contributed by atoms with E-state index in [0.29, 0.717) is 5.56 Å². The minimum atomic E-state index is -0.960. The monoisotopic (exact) mass is 313 g/mol. The van der Waals surface area contributed by atoms with Crippen molar-refractivity contribution in [2.45, 2.75) is 6.54 Å². The first-order chi connectivity index (χ1) is 8.08. The molecule has 2 heterocycles. The second-order valence-corrected chi connectivity index (χ2v) is 5.23. The molecule has 0 saturated heterocycles. The van der Waals surface area contributed by atoms with Gasteiger partial charge in [-0.3, -0.25) is 4.79 Å². The average Bonchev–Trinajstić information content (AvgIpc) is 2.71. The second-order valence-electron chi connectivity index (χ2n) is 3.39. The van der Waals surface area contributed by atoms with Gasteiger partial charge in [0, 0.05) is 16.7 Å². The van der Waals surface area contributed by atoms with Crippen molar-refractivity contribution in [3.05, 3.63) is 55.0 Å². The zero-order valence-electron chi connectivity index (χ0n) is 8.59. The van der Waals surface area contributed by atoms with Crippen molar-refractivity contribution in [1.82, 2.24) is 4.57 Å². The number of thiophene rings is 1. The van der Waals surface area contributed by atoms with Crippen LogP contribution in [0.4, 0.5) is 0 Å². The van der Waals surface area contributed by atoms with Crippen LogP contribution < -0.4 is 5.56 Å². The van der Waals surface area contributed by atoms with Gasteiger partial charge in [0.2, 0.25) is 0 Å². The van der Waals surface area contributed by atoms with Gasteiger partial charge >= 0.3 is 5.97 Å². The summed E-state index contributed by atoms with van der Waals surface area (Å²) in [6.07, 6.45) is 1.64. The van der Waals surface area contributed by atoms with E-state index in [1.807, 2.05) is 0 Å². The molecule has 0 aliphatic rings. The summed E-state index contributed by atoms with van der Waals surface area (Å²) in [5, 5.41) is 10.7. The number of hydrogen-bond acceptors (Lipinski definition) is 3. The highest BCUT2D eigenvalue weighted by Crippen LogP contribution is 2.18. The number of nitrogens with zero attached hydrogens (tertiary/aromatic N) is 1. The van der Waals surface area contributed by atoms with Crippen molar-refractivity contribution >= 4 is 33.2 Å². The van der Waals surface area contributed by atoms with Crippen LogP contribution in [0.3, 0.4) is 0 Å². The van der Waals surface area contributed by atoms with Gasteiger partial charge in [0.25, 0.3) is 5.56 Å². The van der Waals surface area contributed by atoms with Crippen LogP contribution in [0.5, 0.6) is 0 Å². The third kappa shape index (κ3) is 2.65. The molecule has 0 radical (unpaired) electrons. The molecule has 2 rings (SSSR count). The van der Waals surface area contributed by atoms with E-state index in [9.17, 15) is 9.59 Å². The first-order valence-electron chi connectivity index (χ1n) is 4.73. The van der Waals surface area contributed by atoms with Crippen LogP contribution in [-0.2, 0) is 6.54 Å². The molecule has 1 N–H and O–H groups in total. The molecule has 6 heteroatoms. The van der Waals surface area contributed by atoms with Gasteiger partial charge in [0.05, 0.1) is 6.54 Å². The maximum atomic E-state index is 11.6. The Hall–Kier alpha value is -1.40. The van der Waals surface area contributed by atoms with E-state index in [0.717, 1.165) is 15.8 Å². The fourth-order valence-electron chi connectivity index (χ4n) is 1.46. The minimum absolute atomic E-state index is 0.157. The number of hydrogen-bond donors (Lipinski definition) is 1. The van der Waals surface area contributed by atoms with Crippen LogP contribution in [-0.4, -0.2) is 15.6 Å². The van der Waals surface area contributed by atoms with Gasteiger partial charge in [-0.1, -0.05) is 0 Å². The van der Waals surface area contributed by atoms with E-state index in [4.69, 9.17) is 5.11 Å². The smallest absolute Gasteiger partial charge is 0.346 e. The quantitative estimate of drug-likeness (QED) is 0.946. The highest BCUT2D eigenvalue weighted by atomic mass is 79.9. The van der Waals surface area contributed by atoms with E-state index >= 15 is 0 Å². The molecule has 0 amide bonds. The molecular weight excluding hydrogens is 306 g/mol. The fraction of sp³-hybridized carbons (Fsp3) is 0.0909. The maximum Gasteiger partial charge on any atom is 0.346 e. The van der Waals surface area contributed by atoms with Crippen LogP contribution >= 0.6 is 27.3 Å². The number of carboxylic acid groups (broad SMARTS) is 1. The van der Waals surface area contributed by atoms with Crippen LogP contribution in [0.25, 0.3) is 0 Å². The van der Waals surface area contributed by atoms with E-state index in [1.165, 1.54) is 10.6 Å². The molecule has 0 spiro atoms. The predicted octanol–water partition coefficient (Wildman–Crippen LogP) is 2.42. The van der Waals surface area contributed by atoms with Gasteiger partial charge in [-0.15, -0.1) is 11.3 Å². The highest BCUT2D eigenvalue weighted by Gasteiger charge is 2.12. The summed E-state index contributed by atoms with van der Waals surface area (Å²) < 4.78 is 2.25. The first kappa shape index (κ1) is 12.1. The Bertz CT molecular complexity index is 617. The molecule has 0 fully saturated rings. The summed E-state index contributed by atoms with van der Waals surface area (Å²) >= 11 is 4.43. The van der Waals surface area contributed by atoms with Crippen LogP contribution in [0.1, 0.15) is 15.2 Å². The maximum absolute atomic E-state index is 11.6. The minimum Gasteiger partial charge on any atom is -0.477 e. The SMILES string of the molecule is O=C(O)c1sccc1Cn1cc(Br)ccc1=O. The number of aromatic nitrogens is 1. The highest BCUT2D eigenvalue weighted by molar-refractivity contribution is 9.10. The van der Waals surface area contributed by atoms with E-state index in [2.05, 4.69) is 15.9 Å². The molecular formula is C11H8BrNO3S. The number of carboxylic acids is 1. The number of carbonyl (C=O) groups is 1. The molecule has 2 aromatic rings. The van der Waals surface area contributed by atoms with Crippen LogP contribution in [0, 0.1) is 0 Å². The van der Waals surface area contributed by atoms with Crippen molar-refractivity contribution < 1.29 is 9.90 Å². The molecule has 0 aromatic carbocycles. The zero-order chi connectivity index (χ0) is 12.4. The predicted molar refractivity (Wildman–Crippen MR) is 68.8 cm³/mol. The topological polar surface area (TPSA) is 59.3 Å². The lowest BCUT2D eigenvalue weighted by atomic mass is 10.2. The molecule has 0 aliphatic heterocycles. The molecule has 88 valence electrons. The van der Waals surface area contributed by atoms with Gasteiger partial charge in [0.1, 0.15) is 4.88 Å². The van der Waals surface area contributed by atoms with Crippen molar-refractivity contribution in [2.75, 3.05) is 0 Å². The Balaban J connectivity index is 2.38. The second kappa shape index (κ2) is 4.85. The van der Waals surface area contributed by atoms with E-state index < -0.39 is 5.97 Å². The molecule has 2 aromatic heterocycles. The number of rotatable bonds is 3. The Morgan fingerprint density at radius 2 is 2.18 bits per heavy atom. The van der Waals surface area contributed by atoms with Crippen LogP contribution in [0.2, 0.25) is 0 Å². The van der Waals surface area contributed by atoms with Crippen molar-refractivity contribution in [1.29, 1.82) is 0 Å². The molecule has 4 nitrogen and oxygen atoms in total. The molecule has 0 unspecified atom stereocenters. The first-order valence-corrected chi connectivity index (χ1v) is 6.41. The van der Waals surface area contributed by atoms with Crippen molar-refractivity contribution in [3.8, 4) is 0 Å². The van der Waals surface area contributed by atoms with Gasteiger partial charge in [-0.05, 0) is 39.0 Å². The fourth-order valence-corrected chi connectivity index (χ4v) is 2.59. The summed E-state index contributed by atoms with van der Waals surface area (Å²) in [7, 11) is 0. The Morgan fingerprint density at radius 1 is 1.41 bits per heavy atom. The van der Waals surface area contributed by atoms with Gasteiger partial charge in [-0.2, -0.15) is 0 Å². The summed E-state index contributed by atoms with van der Waals surface area (Å²) in [5.41, 5.74) is 0.485. The Kier molecular flexibility index (Phi) is 3.44. The molecule has 0 aliphatic carbocycles. The lowest BCUT2D eigenvalue weighted by Crippen LogP contribution is -2.19. The number of pyridine rings is 1. The molecule has 0 bridgehead atoms.